The molecule has 3 aromatic rings. The van der Waals surface area contributed by atoms with Crippen LogP contribution in [0.5, 0.6) is 0 Å². The molecule has 0 heterocycles. The Hall–Kier alpha value is -2.94. The lowest BCUT2D eigenvalue weighted by Gasteiger charge is -2.18. The normalized spacial score (nSPS) is 10.6. The second-order valence-electron chi connectivity index (χ2n) is 5.93. The van der Waals surface area contributed by atoms with Gasteiger partial charge in [0.2, 0.25) is 5.91 Å². The minimum atomic E-state index is -0.352. The number of carbonyl (C=O) groups is 1. The lowest BCUT2D eigenvalue weighted by Crippen LogP contribution is -2.31. The van der Waals surface area contributed by atoms with Gasteiger partial charge in [0.15, 0.2) is 0 Å². The molecule has 0 aromatic heterocycles. The molecule has 0 unspecified atom stereocenters. The van der Waals surface area contributed by atoms with Crippen molar-refractivity contribution in [2.45, 2.75) is 12.3 Å². The molecule has 2 nitrogen and oxygen atoms in total. The van der Waals surface area contributed by atoms with Gasteiger partial charge in [0.1, 0.15) is 5.82 Å². The summed E-state index contributed by atoms with van der Waals surface area (Å²) >= 11 is 0. The van der Waals surface area contributed by atoms with E-state index in [0.29, 0.717) is 13.0 Å². The van der Waals surface area contributed by atoms with Crippen molar-refractivity contribution in [3.8, 4) is 0 Å². The average Bonchev–Trinajstić information content (AvgIpc) is 2.64. The van der Waals surface area contributed by atoms with E-state index in [1.807, 2.05) is 66.7 Å². The fourth-order valence-electron chi connectivity index (χ4n) is 2.91. The molecular weight excluding hydrogens is 313 g/mol. The van der Waals surface area contributed by atoms with E-state index >= 15 is 0 Å². The van der Waals surface area contributed by atoms with E-state index < -0.39 is 0 Å². The van der Waals surface area contributed by atoms with Crippen LogP contribution in [0.4, 0.5) is 4.39 Å². The molecule has 0 aliphatic heterocycles. The Kier molecular flexibility index (Phi) is 5.57. The summed E-state index contributed by atoms with van der Waals surface area (Å²) in [7, 11) is 0. The molecule has 3 aromatic carbocycles. The zero-order valence-electron chi connectivity index (χ0n) is 13.9. The van der Waals surface area contributed by atoms with Crippen LogP contribution in [0.25, 0.3) is 0 Å². The van der Waals surface area contributed by atoms with Crippen molar-refractivity contribution in [2.24, 2.45) is 0 Å². The van der Waals surface area contributed by atoms with Crippen LogP contribution in [0.1, 0.15) is 22.6 Å². The van der Waals surface area contributed by atoms with Crippen LogP contribution < -0.4 is 5.32 Å². The van der Waals surface area contributed by atoms with Gasteiger partial charge < -0.3 is 5.32 Å². The summed E-state index contributed by atoms with van der Waals surface area (Å²) < 4.78 is 13.2. The number of hydrogen-bond acceptors (Lipinski definition) is 1. The van der Waals surface area contributed by atoms with Gasteiger partial charge in [0.25, 0.3) is 0 Å². The van der Waals surface area contributed by atoms with E-state index in [4.69, 9.17) is 0 Å². The quantitative estimate of drug-likeness (QED) is 0.715. The molecular formula is C22H20FNO. The monoisotopic (exact) mass is 333 g/mol. The van der Waals surface area contributed by atoms with E-state index in [-0.39, 0.29) is 17.6 Å². The maximum absolute atomic E-state index is 13.2. The Morgan fingerprint density at radius 3 is 2.00 bits per heavy atom. The molecule has 3 rings (SSSR count). The van der Waals surface area contributed by atoms with Gasteiger partial charge in [0, 0.05) is 6.54 Å². The summed E-state index contributed by atoms with van der Waals surface area (Å²) in [4.78, 5) is 12.8. The molecule has 0 spiro atoms. The second kappa shape index (κ2) is 8.25. The first-order valence-electron chi connectivity index (χ1n) is 8.36. The van der Waals surface area contributed by atoms with Crippen molar-refractivity contribution in [3.05, 3.63) is 107 Å². The van der Waals surface area contributed by atoms with Gasteiger partial charge in [-0.1, -0.05) is 72.8 Å². The molecule has 0 aliphatic carbocycles. The van der Waals surface area contributed by atoms with Crippen LogP contribution >= 0.6 is 0 Å². The van der Waals surface area contributed by atoms with Crippen molar-refractivity contribution >= 4 is 5.91 Å². The Balaban J connectivity index is 1.71. The smallest absolute Gasteiger partial charge is 0.232 e. The molecule has 0 fully saturated rings. The molecule has 0 bridgehead atoms. The Labute approximate surface area is 147 Å². The first-order chi connectivity index (χ1) is 12.2. The molecule has 1 amide bonds. The summed E-state index contributed by atoms with van der Waals surface area (Å²) in [5.74, 6) is -0.654. The third-order valence-corrected chi connectivity index (χ3v) is 4.13. The van der Waals surface area contributed by atoms with Crippen LogP contribution in [0.15, 0.2) is 84.9 Å². The molecule has 0 saturated carbocycles. The minimum Gasteiger partial charge on any atom is -0.355 e. The van der Waals surface area contributed by atoms with Gasteiger partial charge in [-0.05, 0) is 35.2 Å². The van der Waals surface area contributed by atoms with E-state index in [1.165, 1.54) is 12.1 Å². The molecule has 0 aliphatic rings. The largest absolute Gasteiger partial charge is 0.355 e. The van der Waals surface area contributed by atoms with Crippen molar-refractivity contribution in [1.82, 2.24) is 5.32 Å². The van der Waals surface area contributed by atoms with Crippen LogP contribution in [-0.2, 0) is 11.2 Å². The van der Waals surface area contributed by atoms with Crippen molar-refractivity contribution in [2.75, 3.05) is 6.54 Å². The highest BCUT2D eigenvalue weighted by Gasteiger charge is 2.21. The molecule has 3 heteroatoms. The van der Waals surface area contributed by atoms with Gasteiger partial charge in [0.05, 0.1) is 5.92 Å². The zero-order chi connectivity index (χ0) is 17.5. The summed E-state index contributed by atoms with van der Waals surface area (Å²) in [5.41, 5.74) is 2.78. The van der Waals surface area contributed by atoms with Crippen molar-refractivity contribution < 1.29 is 9.18 Å². The second-order valence-corrected chi connectivity index (χ2v) is 5.93. The molecule has 1 N–H and O–H groups in total. The number of hydrogen-bond donors (Lipinski definition) is 1. The third kappa shape index (κ3) is 4.54. The molecule has 0 saturated heterocycles. The lowest BCUT2D eigenvalue weighted by molar-refractivity contribution is -0.121. The van der Waals surface area contributed by atoms with E-state index in [2.05, 4.69) is 5.32 Å². The van der Waals surface area contributed by atoms with Crippen LogP contribution in [0.3, 0.4) is 0 Å². The Morgan fingerprint density at radius 1 is 0.840 bits per heavy atom. The highest BCUT2D eigenvalue weighted by atomic mass is 19.1. The number of rotatable bonds is 6. The first kappa shape index (κ1) is 16.9. The average molecular weight is 333 g/mol. The van der Waals surface area contributed by atoms with Gasteiger partial charge >= 0.3 is 0 Å². The molecule has 0 radical (unpaired) electrons. The first-order valence-corrected chi connectivity index (χ1v) is 8.36. The van der Waals surface area contributed by atoms with Gasteiger partial charge in [-0.15, -0.1) is 0 Å². The number of amides is 1. The molecule has 25 heavy (non-hydrogen) atoms. The minimum absolute atomic E-state index is 0.0474. The van der Waals surface area contributed by atoms with Crippen LogP contribution in [0.2, 0.25) is 0 Å². The zero-order valence-corrected chi connectivity index (χ0v) is 13.9. The predicted octanol–water partition coefficient (Wildman–Crippen LogP) is 4.32. The Morgan fingerprint density at radius 2 is 1.44 bits per heavy atom. The fourth-order valence-corrected chi connectivity index (χ4v) is 2.91. The van der Waals surface area contributed by atoms with Crippen molar-refractivity contribution in [1.29, 1.82) is 0 Å². The maximum atomic E-state index is 13.2. The summed E-state index contributed by atoms with van der Waals surface area (Å²) in [5, 5.41) is 2.99. The lowest BCUT2D eigenvalue weighted by atomic mass is 9.90. The number of nitrogens with one attached hydrogen (secondary N) is 1. The molecule has 126 valence electrons. The Bertz CT molecular complexity index is 778. The number of carbonyl (C=O) groups excluding carboxylic acids is 1. The summed E-state index contributed by atoms with van der Waals surface area (Å²) in [6.07, 6.45) is 0.597. The standard InChI is InChI=1S/C22H20FNO/c23-20-13-7-8-17(16-20)14-15-24-22(25)21(18-9-3-1-4-10-18)19-11-5-2-6-12-19/h1-13,16,21H,14-15H2,(H,24,25). The highest BCUT2D eigenvalue weighted by molar-refractivity contribution is 5.87. The van der Waals surface area contributed by atoms with Crippen molar-refractivity contribution in [3.63, 3.8) is 0 Å². The fraction of sp³-hybridized carbons (Fsp3) is 0.136. The number of halogens is 1. The van der Waals surface area contributed by atoms with Gasteiger partial charge in [-0.3, -0.25) is 4.79 Å². The number of benzene rings is 3. The third-order valence-electron chi connectivity index (χ3n) is 4.13. The van der Waals surface area contributed by atoms with E-state index in [0.717, 1.165) is 16.7 Å². The topological polar surface area (TPSA) is 29.1 Å². The van der Waals surface area contributed by atoms with Crippen LogP contribution in [-0.4, -0.2) is 12.5 Å². The highest BCUT2D eigenvalue weighted by Crippen LogP contribution is 2.24. The van der Waals surface area contributed by atoms with E-state index in [9.17, 15) is 9.18 Å². The molecule has 0 atom stereocenters. The van der Waals surface area contributed by atoms with Gasteiger partial charge in [-0.2, -0.15) is 0 Å². The van der Waals surface area contributed by atoms with Crippen LogP contribution in [0, 0.1) is 5.82 Å². The van der Waals surface area contributed by atoms with E-state index in [1.54, 1.807) is 6.07 Å². The maximum Gasteiger partial charge on any atom is 0.232 e. The predicted molar refractivity (Wildman–Crippen MR) is 97.8 cm³/mol. The summed E-state index contributed by atoms with van der Waals surface area (Å²) in [6.45, 7) is 0.471. The van der Waals surface area contributed by atoms with Gasteiger partial charge in [-0.25, -0.2) is 4.39 Å². The summed E-state index contributed by atoms with van der Waals surface area (Å²) in [6, 6.07) is 25.9. The SMILES string of the molecule is O=C(NCCc1cccc(F)c1)C(c1ccccc1)c1ccccc1.